The lowest BCUT2D eigenvalue weighted by atomic mass is 9.79. The number of benzene rings is 2. The van der Waals surface area contributed by atoms with Crippen molar-refractivity contribution in [3.8, 4) is 11.1 Å². The predicted octanol–water partition coefficient (Wildman–Crippen LogP) is 5.75. The zero-order valence-corrected chi connectivity index (χ0v) is 19.3. The Morgan fingerprint density at radius 2 is 1.97 bits per heavy atom. The maximum absolute atomic E-state index is 15.5. The molecule has 2 bridgehead atoms. The number of halogens is 1. The summed E-state index contributed by atoms with van der Waals surface area (Å²) in [4.78, 5) is 16.7. The van der Waals surface area contributed by atoms with Crippen LogP contribution in [0.25, 0.3) is 11.1 Å². The molecule has 1 amide bonds. The molecule has 1 aliphatic carbocycles. The summed E-state index contributed by atoms with van der Waals surface area (Å²) in [6, 6.07) is 11.3. The Hall–Kier alpha value is -2.40. The number of carboxylic acid groups (broad SMARTS) is 1. The molecule has 3 saturated heterocycles. The number of rotatable bonds is 4. The van der Waals surface area contributed by atoms with E-state index in [1.54, 1.807) is 11.0 Å². The van der Waals surface area contributed by atoms with E-state index in [1.807, 2.05) is 18.2 Å². The highest BCUT2D eigenvalue weighted by atomic mass is 19.1. The van der Waals surface area contributed by atoms with Crippen LogP contribution in [-0.4, -0.2) is 46.7 Å². The lowest BCUT2D eigenvalue weighted by Crippen LogP contribution is -2.60. The zero-order chi connectivity index (χ0) is 22.6. The van der Waals surface area contributed by atoms with Gasteiger partial charge in [0.15, 0.2) is 0 Å². The number of carbonyl (C=O) groups is 1. The molecule has 3 heterocycles. The van der Waals surface area contributed by atoms with Gasteiger partial charge in [0, 0.05) is 12.1 Å². The van der Waals surface area contributed by atoms with Gasteiger partial charge in [-0.2, -0.15) is 0 Å². The average molecular weight is 437 g/mol. The SMILES string of the molecule is CCc1cccc(-c2cc3c(cc2F)[C@H](N(C(=O)O)[C@@H]2CN4CCC2CC4)C(C)(C)C3)c1. The van der Waals surface area contributed by atoms with E-state index in [1.165, 1.54) is 5.56 Å². The number of piperidine rings is 3. The number of nitrogens with zero attached hydrogens (tertiary/aromatic N) is 2. The highest BCUT2D eigenvalue weighted by Crippen LogP contribution is 2.52. The van der Waals surface area contributed by atoms with Gasteiger partial charge >= 0.3 is 6.09 Å². The van der Waals surface area contributed by atoms with E-state index in [9.17, 15) is 9.90 Å². The smallest absolute Gasteiger partial charge is 0.408 e. The van der Waals surface area contributed by atoms with Crippen molar-refractivity contribution in [3.05, 3.63) is 58.9 Å². The van der Waals surface area contributed by atoms with E-state index >= 15 is 4.39 Å². The molecule has 0 radical (unpaired) electrons. The van der Waals surface area contributed by atoms with Crippen LogP contribution in [-0.2, 0) is 12.8 Å². The summed E-state index contributed by atoms with van der Waals surface area (Å²) >= 11 is 0. The van der Waals surface area contributed by atoms with Gasteiger partial charge in [-0.3, -0.25) is 4.90 Å². The first kappa shape index (κ1) is 21.4. The van der Waals surface area contributed by atoms with Crippen LogP contribution in [0.1, 0.15) is 56.3 Å². The van der Waals surface area contributed by atoms with Crippen molar-refractivity contribution in [2.24, 2.45) is 11.3 Å². The minimum absolute atomic E-state index is 0.0193. The molecule has 3 aliphatic heterocycles. The second kappa shape index (κ2) is 7.87. The molecule has 1 N–H and O–H groups in total. The third-order valence-corrected chi connectivity index (χ3v) is 8.03. The van der Waals surface area contributed by atoms with Crippen LogP contribution in [0.4, 0.5) is 9.18 Å². The van der Waals surface area contributed by atoms with Crippen molar-refractivity contribution in [1.29, 1.82) is 0 Å². The first-order valence-corrected chi connectivity index (χ1v) is 11.9. The maximum atomic E-state index is 15.5. The second-order valence-electron chi connectivity index (χ2n) is 10.5. The summed E-state index contributed by atoms with van der Waals surface area (Å²) in [6.45, 7) is 9.28. The molecule has 4 aliphatic rings. The monoisotopic (exact) mass is 436 g/mol. The van der Waals surface area contributed by atoms with Gasteiger partial charge in [0.2, 0.25) is 0 Å². The van der Waals surface area contributed by atoms with Crippen molar-refractivity contribution >= 4 is 6.09 Å². The Labute approximate surface area is 190 Å². The molecular weight excluding hydrogens is 403 g/mol. The summed E-state index contributed by atoms with van der Waals surface area (Å²) in [5, 5.41) is 10.3. The molecule has 4 nitrogen and oxygen atoms in total. The van der Waals surface area contributed by atoms with Crippen molar-refractivity contribution in [2.45, 2.75) is 58.5 Å². The van der Waals surface area contributed by atoms with Crippen molar-refractivity contribution in [3.63, 3.8) is 0 Å². The van der Waals surface area contributed by atoms with E-state index < -0.39 is 6.09 Å². The topological polar surface area (TPSA) is 43.8 Å². The third-order valence-electron chi connectivity index (χ3n) is 8.03. The minimum Gasteiger partial charge on any atom is -0.465 e. The number of hydrogen-bond donors (Lipinski definition) is 1. The molecule has 5 heteroatoms. The molecule has 170 valence electrons. The van der Waals surface area contributed by atoms with E-state index in [2.05, 4.69) is 37.8 Å². The van der Waals surface area contributed by atoms with E-state index in [-0.39, 0.29) is 23.3 Å². The second-order valence-corrected chi connectivity index (χ2v) is 10.5. The van der Waals surface area contributed by atoms with Crippen LogP contribution in [0.5, 0.6) is 0 Å². The van der Waals surface area contributed by atoms with Gasteiger partial charge in [0.25, 0.3) is 0 Å². The lowest BCUT2D eigenvalue weighted by Gasteiger charge is -2.51. The molecule has 0 saturated carbocycles. The van der Waals surface area contributed by atoms with Gasteiger partial charge in [-0.15, -0.1) is 0 Å². The van der Waals surface area contributed by atoms with Gasteiger partial charge in [0.1, 0.15) is 5.82 Å². The largest absolute Gasteiger partial charge is 0.465 e. The molecule has 6 rings (SSSR count). The van der Waals surface area contributed by atoms with E-state index in [0.717, 1.165) is 62.0 Å². The average Bonchev–Trinajstić information content (AvgIpc) is 3.03. The van der Waals surface area contributed by atoms with Gasteiger partial charge in [-0.25, -0.2) is 9.18 Å². The Kier molecular flexibility index (Phi) is 5.28. The number of amides is 1. The summed E-state index contributed by atoms with van der Waals surface area (Å²) in [5.41, 5.74) is 4.31. The predicted molar refractivity (Wildman–Crippen MR) is 124 cm³/mol. The molecule has 2 aromatic carbocycles. The summed E-state index contributed by atoms with van der Waals surface area (Å²) in [6.07, 6.45) is 2.88. The Balaban J connectivity index is 1.56. The van der Waals surface area contributed by atoms with Gasteiger partial charge in [-0.05, 0) is 84.5 Å². The van der Waals surface area contributed by atoms with Crippen molar-refractivity contribution in [2.75, 3.05) is 19.6 Å². The summed E-state index contributed by atoms with van der Waals surface area (Å²) in [7, 11) is 0. The standard InChI is InChI=1S/C27H33FN2O2/c1-4-17-6-5-7-19(12-17)21-13-20-15-27(2,3)25(22(20)14-23(21)28)30(26(31)32)24-16-29-10-8-18(24)9-11-29/h5-7,12-14,18,24-25H,4,8-11,15-16H2,1-3H3,(H,31,32)/t24-,25+/m1/s1. The molecule has 0 aromatic heterocycles. The first-order valence-electron chi connectivity index (χ1n) is 11.9. The van der Waals surface area contributed by atoms with E-state index in [0.29, 0.717) is 11.5 Å². The van der Waals surface area contributed by atoms with Crippen molar-refractivity contribution < 1.29 is 14.3 Å². The molecule has 32 heavy (non-hydrogen) atoms. The summed E-state index contributed by atoms with van der Waals surface area (Å²) in [5.74, 6) is 0.135. The van der Waals surface area contributed by atoms with Crippen LogP contribution < -0.4 is 0 Å². The summed E-state index contributed by atoms with van der Waals surface area (Å²) < 4.78 is 15.5. The van der Waals surface area contributed by atoms with E-state index in [4.69, 9.17) is 0 Å². The van der Waals surface area contributed by atoms with Crippen LogP contribution in [0, 0.1) is 17.2 Å². The van der Waals surface area contributed by atoms with Crippen LogP contribution in [0.3, 0.4) is 0 Å². The maximum Gasteiger partial charge on any atom is 0.408 e. The minimum atomic E-state index is -0.880. The molecule has 0 unspecified atom stereocenters. The van der Waals surface area contributed by atoms with Crippen LogP contribution in [0.15, 0.2) is 36.4 Å². The quantitative estimate of drug-likeness (QED) is 0.663. The first-order chi connectivity index (χ1) is 15.3. The third kappa shape index (κ3) is 3.51. The van der Waals surface area contributed by atoms with Gasteiger partial charge < -0.3 is 10.0 Å². The molecular formula is C27H33FN2O2. The Morgan fingerprint density at radius 3 is 2.59 bits per heavy atom. The number of fused-ring (bicyclic) bond motifs is 4. The normalized spacial score (nSPS) is 27.9. The highest BCUT2D eigenvalue weighted by molar-refractivity contribution is 5.70. The fourth-order valence-corrected chi connectivity index (χ4v) is 6.45. The fourth-order valence-electron chi connectivity index (χ4n) is 6.45. The lowest BCUT2D eigenvalue weighted by molar-refractivity contribution is -0.0267. The number of aryl methyl sites for hydroxylation is 1. The molecule has 3 fully saturated rings. The molecule has 0 spiro atoms. The Morgan fingerprint density at radius 1 is 1.22 bits per heavy atom. The van der Waals surface area contributed by atoms with Gasteiger partial charge in [-0.1, -0.05) is 45.0 Å². The molecule has 2 atom stereocenters. The Bertz CT molecular complexity index is 1040. The van der Waals surface area contributed by atoms with Crippen LogP contribution >= 0.6 is 0 Å². The zero-order valence-electron chi connectivity index (χ0n) is 19.3. The van der Waals surface area contributed by atoms with Crippen molar-refractivity contribution in [1.82, 2.24) is 9.80 Å². The van der Waals surface area contributed by atoms with Crippen LogP contribution in [0.2, 0.25) is 0 Å². The van der Waals surface area contributed by atoms with Gasteiger partial charge in [0.05, 0.1) is 12.1 Å². The fraction of sp³-hybridized carbons (Fsp3) is 0.519. The molecule has 2 aromatic rings. The highest BCUT2D eigenvalue weighted by Gasteiger charge is 2.50. The number of hydrogen-bond acceptors (Lipinski definition) is 2.